The Morgan fingerprint density at radius 1 is 1.38 bits per heavy atom. The Bertz CT molecular complexity index is 440. The molecule has 0 aliphatic heterocycles. The lowest BCUT2D eigenvalue weighted by Crippen LogP contribution is -2.29. The molecule has 6 heteroatoms. The molecule has 0 spiro atoms. The molecule has 0 aromatic carbocycles. The van der Waals surface area contributed by atoms with Crippen LogP contribution in [0.5, 0.6) is 0 Å². The van der Waals surface area contributed by atoms with Crippen LogP contribution in [0.2, 0.25) is 0 Å². The summed E-state index contributed by atoms with van der Waals surface area (Å²) in [6.07, 6.45) is 3.06. The number of pyridine rings is 1. The van der Waals surface area contributed by atoms with Gasteiger partial charge in [-0.2, -0.15) is 5.10 Å². The molecule has 0 saturated heterocycles. The molecule has 2 aromatic heterocycles. The summed E-state index contributed by atoms with van der Waals surface area (Å²) in [5.74, 6) is 0. The summed E-state index contributed by atoms with van der Waals surface area (Å²) in [6, 6.07) is 1.65. The van der Waals surface area contributed by atoms with E-state index in [1.54, 1.807) is 24.0 Å². The van der Waals surface area contributed by atoms with Gasteiger partial charge in [0.2, 0.25) is 0 Å². The Hall–Kier alpha value is -1.40. The molecule has 0 unspecified atom stereocenters. The predicted octanol–water partition coefficient (Wildman–Crippen LogP) is -1.35. The van der Waals surface area contributed by atoms with Gasteiger partial charge in [-0.3, -0.25) is 4.68 Å². The number of hydrogen-bond donors (Lipinski definition) is 2. The third kappa shape index (κ3) is 1.30. The number of hydrogen-bond acceptors (Lipinski definition) is 4. The summed E-state index contributed by atoms with van der Waals surface area (Å²) in [5.41, 5.74) is 1.10. The highest BCUT2D eigenvalue weighted by Gasteiger charge is 2.12. The molecule has 66 valence electrons. The first-order chi connectivity index (χ1) is 6.18. The summed E-state index contributed by atoms with van der Waals surface area (Å²) in [7, 11) is 0.307. The quantitative estimate of drug-likeness (QED) is 0.528. The van der Waals surface area contributed by atoms with Gasteiger partial charge in [0.25, 0.3) is 0 Å². The van der Waals surface area contributed by atoms with Gasteiger partial charge in [-0.25, -0.2) is 4.98 Å². The standard InChI is InChI=1S/C7H8BN3O2/c1-11-7-5(3-10-11)2-6(4-9-7)8(12)13/h2-4,12-13H,1H3. The average Bonchev–Trinajstić information content (AvgIpc) is 2.47. The molecule has 2 rings (SSSR count). The van der Waals surface area contributed by atoms with Crippen LogP contribution in [-0.2, 0) is 7.05 Å². The molecule has 0 amide bonds. The van der Waals surface area contributed by atoms with E-state index in [9.17, 15) is 0 Å². The lowest BCUT2D eigenvalue weighted by molar-refractivity contribution is 0.425. The fraction of sp³-hybridized carbons (Fsp3) is 0.143. The lowest BCUT2D eigenvalue weighted by Gasteiger charge is -1.98. The summed E-state index contributed by atoms with van der Waals surface area (Å²) >= 11 is 0. The minimum atomic E-state index is -1.47. The Labute approximate surface area is 74.8 Å². The fourth-order valence-electron chi connectivity index (χ4n) is 1.20. The highest BCUT2D eigenvalue weighted by Crippen LogP contribution is 2.06. The van der Waals surface area contributed by atoms with E-state index in [-0.39, 0.29) is 0 Å². The van der Waals surface area contributed by atoms with Crippen LogP contribution in [0.1, 0.15) is 0 Å². The first-order valence-electron chi connectivity index (χ1n) is 3.82. The van der Waals surface area contributed by atoms with E-state index in [4.69, 9.17) is 10.0 Å². The van der Waals surface area contributed by atoms with Crippen molar-refractivity contribution in [1.29, 1.82) is 0 Å². The van der Waals surface area contributed by atoms with Crippen molar-refractivity contribution in [3.8, 4) is 0 Å². The molecule has 0 atom stereocenters. The number of fused-ring (bicyclic) bond motifs is 1. The topological polar surface area (TPSA) is 71.2 Å². The first kappa shape index (κ1) is 8.21. The van der Waals surface area contributed by atoms with Crippen LogP contribution in [0, 0.1) is 0 Å². The largest absolute Gasteiger partial charge is 0.490 e. The van der Waals surface area contributed by atoms with E-state index < -0.39 is 7.12 Å². The van der Waals surface area contributed by atoms with E-state index in [0.29, 0.717) is 5.46 Å². The van der Waals surface area contributed by atoms with Crippen LogP contribution in [-0.4, -0.2) is 31.9 Å². The normalized spacial score (nSPS) is 10.7. The van der Waals surface area contributed by atoms with Crippen LogP contribution < -0.4 is 5.46 Å². The monoisotopic (exact) mass is 177 g/mol. The van der Waals surface area contributed by atoms with Gasteiger partial charge in [0, 0.05) is 24.1 Å². The van der Waals surface area contributed by atoms with E-state index in [1.807, 2.05) is 0 Å². The van der Waals surface area contributed by atoms with Crippen LogP contribution in [0.3, 0.4) is 0 Å². The third-order valence-corrected chi connectivity index (χ3v) is 1.89. The zero-order valence-electron chi connectivity index (χ0n) is 7.05. The number of rotatable bonds is 1. The van der Waals surface area contributed by atoms with E-state index in [1.165, 1.54) is 6.20 Å². The van der Waals surface area contributed by atoms with Gasteiger partial charge < -0.3 is 10.0 Å². The highest BCUT2D eigenvalue weighted by atomic mass is 16.4. The summed E-state index contributed by atoms with van der Waals surface area (Å²) in [4.78, 5) is 4.04. The molecule has 0 fully saturated rings. The predicted molar refractivity (Wildman–Crippen MR) is 48.3 cm³/mol. The average molecular weight is 177 g/mol. The SMILES string of the molecule is Cn1ncc2cc(B(O)O)cnc21. The summed E-state index contributed by atoms with van der Waals surface area (Å²) < 4.78 is 1.63. The molecule has 0 saturated carbocycles. The molecule has 0 bridgehead atoms. The maximum atomic E-state index is 8.88. The number of aromatic nitrogens is 3. The van der Waals surface area contributed by atoms with Gasteiger partial charge in [0.05, 0.1) is 6.20 Å². The third-order valence-electron chi connectivity index (χ3n) is 1.89. The molecule has 0 aliphatic rings. The smallest absolute Gasteiger partial charge is 0.423 e. The lowest BCUT2D eigenvalue weighted by atomic mass is 9.81. The molecule has 2 aromatic rings. The zero-order chi connectivity index (χ0) is 9.42. The van der Waals surface area contributed by atoms with E-state index >= 15 is 0 Å². The van der Waals surface area contributed by atoms with Crippen LogP contribution in [0.25, 0.3) is 11.0 Å². The van der Waals surface area contributed by atoms with Gasteiger partial charge in [-0.05, 0) is 6.07 Å². The van der Waals surface area contributed by atoms with Gasteiger partial charge in [0.1, 0.15) is 0 Å². The maximum absolute atomic E-state index is 8.88. The van der Waals surface area contributed by atoms with Crippen LogP contribution >= 0.6 is 0 Å². The summed E-state index contributed by atoms with van der Waals surface area (Å²) in [5, 5.41) is 22.5. The second kappa shape index (κ2) is 2.83. The van der Waals surface area contributed by atoms with Crippen LogP contribution in [0.15, 0.2) is 18.5 Å². The van der Waals surface area contributed by atoms with Crippen molar-refractivity contribution >= 4 is 23.6 Å². The Kier molecular flexibility index (Phi) is 1.79. The molecule has 0 radical (unpaired) electrons. The van der Waals surface area contributed by atoms with Crippen molar-refractivity contribution in [3.05, 3.63) is 18.5 Å². The molecule has 5 nitrogen and oxygen atoms in total. The van der Waals surface area contributed by atoms with Crippen molar-refractivity contribution in [3.63, 3.8) is 0 Å². The maximum Gasteiger partial charge on any atom is 0.490 e. The van der Waals surface area contributed by atoms with Crippen LogP contribution in [0.4, 0.5) is 0 Å². The Balaban J connectivity index is 2.63. The molecular formula is C7H8BN3O2. The first-order valence-corrected chi connectivity index (χ1v) is 3.82. The molecular weight excluding hydrogens is 169 g/mol. The Morgan fingerprint density at radius 3 is 2.85 bits per heavy atom. The van der Waals surface area contributed by atoms with Gasteiger partial charge in [-0.15, -0.1) is 0 Å². The molecule has 2 N–H and O–H groups in total. The summed E-state index contributed by atoms with van der Waals surface area (Å²) in [6.45, 7) is 0. The van der Waals surface area contributed by atoms with E-state index in [0.717, 1.165) is 11.0 Å². The van der Waals surface area contributed by atoms with Crippen molar-refractivity contribution in [2.45, 2.75) is 0 Å². The van der Waals surface area contributed by atoms with Crippen molar-refractivity contribution in [2.24, 2.45) is 7.05 Å². The second-order valence-electron chi connectivity index (χ2n) is 2.82. The minimum Gasteiger partial charge on any atom is -0.423 e. The van der Waals surface area contributed by atoms with E-state index in [2.05, 4.69) is 10.1 Å². The minimum absolute atomic E-state index is 0.375. The fourth-order valence-corrected chi connectivity index (χ4v) is 1.20. The molecule has 2 heterocycles. The second-order valence-corrected chi connectivity index (χ2v) is 2.82. The number of nitrogens with zero attached hydrogens (tertiary/aromatic N) is 3. The van der Waals surface area contributed by atoms with Crippen molar-refractivity contribution in [2.75, 3.05) is 0 Å². The van der Waals surface area contributed by atoms with Gasteiger partial charge in [0.15, 0.2) is 5.65 Å². The van der Waals surface area contributed by atoms with Crippen molar-refractivity contribution < 1.29 is 10.0 Å². The van der Waals surface area contributed by atoms with Gasteiger partial charge >= 0.3 is 7.12 Å². The number of aryl methyl sites for hydroxylation is 1. The highest BCUT2D eigenvalue weighted by molar-refractivity contribution is 6.58. The molecule has 13 heavy (non-hydrogen) atoms. The van der Waals surface area contributed by atoms with Crippen molar-refractivity contribution in [1.82, 2.24) is 14.8 Å². The van der Waals surface area contributed by atoms with Gasteiger partial charge in [-0.1, -0.05) is 0 Å². The molecule has 0 aliphatic carbocycles. The Morgan fingerprint density at radius 2 is 2.15 bits per heavy atom. The zero-order valence-corrected chi connectivity index (χ0v) is 7.05.